The second kappa shape index (κ2) is 9.59. The lowest BCUT2D eigenvalue weighted by atomic mass is 10.1. The van der Waals surface area contributed by atoms with Gasteiger partial charge in [-0.3, -0.25) is 4.79 Å². The Morgan fingerprint density at radius 3 is 2.38 bits per heavy atom. The molecule has 3 aromatic rings. The summed E-state index contributed by atoms with van der Waals surface area (Å²) in [5, 5.41) is 3.33. The number of carbonyl (C=O) groups is 1. The van der Waals surface area contributed by atoms with Gasteiger partial charge in [0.1, 0.15) is 0 Å². The minimum Gasteiger partial charge on any atom is -0.449 e. The lowest BCUT2D eigenvalue weighted by Crippen LogP contribution is -2.43. The molecule has 5 nitrogen and oxygen atoms in total. The third-order valence-corrected chi connectivity index (χ3v) is 5.84. The van der Waals surface area contributed by atoms with Gasteiger partial charge in [-0.15, -0.1) is 12.4 Å². The predicted octanol–water partition coefficient (Wildman–Crippen LogP) is 4.65. The molecule has 7 heteroatoms. The van der Waals surface area contributed by atoms with E-state index in [-0.39, 0.29) is 24.1 Å². The van der Waals surface area contributed by atoms with Crippen LogP contribution < -0.4 is 19.9 Å². The fraction of sp³-hybridized carbons (Fsp3) is 0.240. The van der Waals surface area contributed by atoms with Gasteiger partial charge in [0.05, 0.1) is 16.9 Å². The molecule has 0 bridgehead atoms. The molecule has 1 fully saturated rings. The van der Waals surface area contributed by atoms with Crippen LogP contribution in [-0.4, -0.2) is 38.6 Å². The highest BCUT2D eigenvalue weighted by Gasteiger charge is 2.32. The van der Waals surface area contributed by atoms with Gasteiger partial charge < -0.3 is 19.9 Å². The smallest absolute Gasteiger partial charge is 0.262 e. The number of nitrogens with one attached hydrogen (secondary N) is 1. The fourth-order valence-electron chi connectivity index (χ4n) is 4.23. The average molecular weight is 454 g/mol. The lowest BCUT2D eigenvalue weighted by molar-refractivity contribution is 0.0987. The van der Waals surface area contributed by atoms with Crippen LogP contribution in [0.15, 0.2) is 66.7 Å². The van der Waals surface area contributed by atoms with Crippen molar-refractivity contribution in [3.05, 3.63) is 83.7 Å². The summed E-state index contributed by atoms with van der Waals surface area (Å²) in [6.07, 6.45) is 0.662. The molecule has 32 heavy (non-hydrogen) atoms. The van der Waals surface area contributed by atoms with Crippen molar-refractivity contribution in [2.75, 3.05) is 42.5 Å². The molecule has 0 aliphatic carbocycles. The Balaban J connectivity index is 0.00000245. The minimum absolute atomic E-state index is 0. The molecule has 166 valence electrons. The van der Waals surface area contributed by atoms with Crippen LogP contribution in [0, 0.1) is 5.82 Å². The summed E-state index contributed by atoms with van der Waals surface area (Å²) in [5.74, 6) is -0.113. The van der Waals surface area contributed by atoms with Gasteiger partial charge in [0.2, 0.25) is 0 Å². The normalized spacial score (nSPS) is 15.2. The summed E-state index contributed by atoms with van der Waals surface area (Å²) < 4.78 is 21.1. The Morgan fingerprint density at radius 1 is 0.875 bits per heavy atom. The first-order valence-corrected chi connectivity index (χ1v) is 10.6. The van der Waals surface area contributed by atoms with Crippen molar-refractivity contribution in [1.29, 1.82) is 0 Å². The number of halogens is 2. The second-order valence-corrected chi connectivity index (χ2v) is 7.77. The topological polar surface area (TPSA) is 44.8 Å². The van der Waals surface area contributed by atoms with E-state index in [4.69, 9.17) is 4.74 Å². The van der Waals surface area contributed by atoms with Crippen LogP contribution >= 0.6 is 12.4 Å². The number of fused-ring (bicyclic) bond motifs is 2. The van der Waals surface area contributed by atoms with Crippen LogP contribution in [-0.2, 0) is 6.42 Å². The highest BCUT2D eigenvalue weighted by molar-refractivity contribution is 6.10. The van der Waals surface area contributed by atoms with E-state index >= 15 is 0 Å². The van der Waals surface area contributed by atoms with Crippen molar-refractivity contribution in [2.45, 2.75) is 6.42 Å². The SMILES string of the molecule is Cl.O=C1c2cccc(N3CCNCC3)c2Oc2c(F)cccc2N1CCc1ccccc1. The van der Waals surface area contributed by atoms with Crippen LogP contribution in [0.25, 0.3) is 0 Å². The number of para-hydroxylation sites is 2. The van der Waals surface area contributed by atoms with Gasteiger partial charge in [-0.05, 0) is 36.2 Å². The first-order valence-electron chi connectivity index (χ1n) is 10.6. The van der Waals surface area contributed by atoms with Gasteiger partial charge in [0, 0.05) is 32.7 Å². The number of hydrogen-bond acceptors (Lipinski definition) is 4. The van der Waals surface area contributed by atoms with Crippen molar-refractivity contribution in [3.8, 4) is 11.5 Å². The Morgan fingerprint density at radius 2 is 1.59 bits per heavy atom. The number of rotatable bonds is 4. The molecular weight excluding hydrogens is 429 g/mol. The molecule has 0 aromatic heterocycles. The molecule has 0 spiro atoms. The van der Waals surface area contributed by atoms with E-state index in [1.807, 2.05) is 42.5 Å². The maximum absolute atomic E-state index is 14.9. The Labute approximate surface area is 193 Å². The summed E-state index contributed by atoms with van der Waals surface area (Å²) in [6.45, 7) is 3.74. The van der Waals surface area contributed by atoms with Crippen molar-refractivity contribution in [3.63, 3.8) is 0 Å². The van der Waals surface area contributed by atoms with Crippen molar-refractivity contribution >= 4 is 29.7 Å². The number of piperazine rings is 1. The Hall–Kier alpha value is -3.09. The number of anilines is 2. The highest BCUT2D eigenvalue weighted by Crippen LogP contribution is 2.44. The highest BCUT2D eigenvalue weighted by atomic mass is 35.5. The van der Waals surface area contributed by atoms with E-state index in [2.05, 4.69) is 10.2 Å². The molecule has 1 N–H and O–H groups in total. The largest absolute Gasteiger partial charge is 0.449 e. The molecule has 0 radical (unpaired) electrons. The first kappa shape index (κ1) is 22.1. The van der Waals surface area contributed by atoms with E-state index in [0.717, 1.165) is 37.4 Å². The molecule has 0 unspecified atom stereocenters. The summed E-state index contributed by atoms with van der Waals surface area (Å²) in [4.78, 5) is 17.5. The van der Waals surface area contributed by atoms with Crippen LogP contribution in [0.2, 0.25) is 0 Å². The average Bonchev–Trinajstić information content (AvgIpc) is 2.94. The van der Waals surface area contributed by atoms with Crippen LogP contribution in [0.4, 0.5) is 15.8 Å². The Bertz CT molecular complexity index is 1100. The summed E-state index contributed by atoms with van der Waals surface area (Å²) in [5.41, 5.74) is 2.86. The van der Waals surface area contributed by atoms with Gasteiger partial charge in [0.15, 0.2) is 17.3 Å². The maximum atomic E-state index is 14.9. The van der Waals surface area contributed by atoms with E-state index in [1.54, 1.807) is 23.1 Å². The zero-order valence-electron chi connectivity index (χ0n) is 17.6. The molecule has 2 heterocycles. The van der Waals surface area contributed by atoms with Crippen LogP contribution in [0.1, 0.15) is 15.9 Å². The van der Waals surface area contributed by atoms with Crippen LogP contribution in [0.5, 0.6) is 11.5 Å². The first-order chi connectivity index (χ1) is 15.2. The van der Waals surface area contributed by atoms with Gasteiger partial charge in [-0.1, -0.05) is 42.5 Å². The van der Waals surface area contributed by atoms with E-state index in [1.165, 1.54) is 6.07 Å². The molecule has 2 aliphatic rings. The van der Waals surface area contributed by atoms with Crippen molar-refractivity contribution in [1.82, 2.24) is 5.32 Å². The van der Waals surface area contributed by atoms with Gasteiger partial charge >= 0.3 is 0 Å². The number of nitrogens with zero attached hydrogens (tertiary/aromatic N) is 2. The molecule has 1 amide bonds. The number of ether oxygens (including phenoxy) is 1. The minimum atomic E-state index is -0.474. The van der Waals surface area contributed by atoms with Crippen molar-refractivity contribution in [2.24, 2.45) is 0 Å². The number of hydrogen-bond donors (Lipinski definition) is 1. The molecule has 3 aromatic carbocycles. The van der Waals surface area contributed by atoms with E-state index in [9.17, 15) is 9.18 Å². The summed E-state index contributed by atoms with van der Waals surface area (Å²) in [7, 11) is 0. The molecular formula is C25H25ClFN3O2. The van der Waals surface area contributed by atoms with E-state index < -0.39 is 5.82 Å². The number of amides is 1. The summed E-state index contributed by atoms with van der Waals surface area (Å²) >= 11 is 0. The quantitative estimate of drug-likeness (QED) is 0.624. The van der Waals surface area contributed by atoms with Crippen molar-refractivity contribution < 1.29 is 13.9 Å². The standard InChI is InChI=1S/C25H24FN3O2.ClH/c26-20-9-5-11-22-24(20)31-23-19(8-4-10-21(23)28-16-13-27-14-17-28)25(30)29(22)15-12-18-6-2-1-3-7-18;/h1-11,27H,12-17H2;1H. The zero-order chi connectivity index (χ0) is 21.2. The van der Waals surface area contributed by atoms with Gasteiger partial charge in [0.25, 0.3) is 5.91 Å². The van der Waals surface area contributed by atoms with E-state index in [0.29, 0.717) is 30.0 Å². The lowest BCUT2D eigenvalue weighted by Gasteiger charge is -2.31. The maximum Gasteiger partial charge on any atom is 0.262 e. The fourth-order valence-corrected chi connectivity index (χ4v) is 4.23. The second-order valence-electron chi connectivity index (χ2n) is 7.77. The van der Waals surface area contributed by atoms with Gasteiger partial charge in [-0.25, -0.2) is 4.39 Å². The zero-order valence-corrected chi connectivity index (χ0v) is 18.4. The van der Waals surface area contributed by atoms with Crippen LogP contribution in [0.3, 0.4) is 0 Å². The third-order valence-electron chi connectivity index (χ3n) is 5.84. The monoisotopic (exact) mass is 453 g/mol. The Kier molecular flexibility index (Phi) is 6.63. The molecule has 5 rings (SSSR count). The molecule has 0 saturated carbocycles. The number of benzene rings is 3. The molecule has 1 saturated heterocycles. The van der Waals surface area contributed by atoms with Gasteiger partial charge in [-0.2, -0.15) is 0 Å². The summed E-state index contributed by atoms with van der Waals surface area (Å²) in [6, 6.07) is 20.3. The number of carbonyl (C=O) groups excluding carboxylic acids is 1. The molecule has 0 atom stereocenters. The third kappa shape index (κ3) is 4.16. The predicted molar refractivity (Wildman–Crippen MR) is 127 cm³/mol. The molecule has 2 aliphatic heterocycles.